The van der Waals surface area contributed by atoms with Gasteiger partial charge in [-0.25, -0.2) is 0 Å². The number of amides is 1. The minimum absolute atomic E-state index is 0.139. The molecule has 1 amide bonds. The van der Waals surface area contributed by atoms with Crippen LogP contribution in [-0.4, -0.2) is 45.2 Å². The Morgan fingerprint density at radius 2 is 1.70 bits per heavy atom. The molecule has 2 aromatic rings. The summed E-state index contributed by atoms with van der Waals surface area (Å²) in [7, 11) is 2.83. The van der Waals surface area contributed by atoms with Gasteiger partial charge >= 0.3 is 0 Å². The normalized spacial score (nSPS) is 11.7. The number of carbonyl (C=O) groups excluding carboxylic acids is 2. The molecule has 0 saturated heterocycles. The van der Waals surface area contributed by atoms with Gasteiger partial charge in [-0.2, -0.15) is 5.11 Å². The van der Waals surface area contributed by atoms with E-state index in [1.807, 2.05) is 6.92 Å². The summed E-state index contributed by atoms with van der Waals surface area (Å²) in [5.41, 5.74) is 0.326. The summed E-state index contributed by atoms with van der Waals surface area (Å²) >= 11 is 12.5. The number of Topliss-reactive ketones (excluding diaryl/α,β-unsaturated/α-hetero) is 1. The van der Waals surface area contributed by atoms with Crippen LogP contribution >= 0.6 is 23.2 Å². The lowest BCUT2D eigenvalue weighted by molar-refractivity contribution is -0.126. The summed E-state index contributed by atoms with van der Waals surface area (Å²) < 4.78 is 21.6. The summed E-state index contributed by atoms with van der Waals surface area (Å²) in [4.78, 5) is 25.2. The lowest BCUT2D eigenvalue weighted by Crippen LogP contribution is -2.32. The third-order valence-electron chi connectivity index (χ3n) is 4.26. The van der Waals surface area contributed by atoms with Gasteiger partial charge in [0.1, 0.15) is 22.9 Å². The number of halogens is 2. The molecule has 0 aliphatic rings. The molecule has 0 aliphatic heterocycles. The average Bonchev–Trinajstić information content (AvgIpc) is 2.76. The first kappa shape index (κ1) is 26.2. The second kappa shape index (κ2) is 12.3. The van der Waals surface area contributed by atoms with Crippen molar-refractivity contribution in [1.82, 2.24) is 0 Å². The Labute approximate surface area is 202 Å². The second-order valence-electron chi connectivity index (χ2n) is 6.49. The number of rotatable bonds is 11. The van der Waals surface area contributed by atoms with Crippen LogP contribution in [0.5, 0.6) is 23.0 Å². The molecule has 1 unspecified atom stereocenters. The first-order chi connectivity index (χ1) is 15.8. The molecule has 0 spiro atoms. The number of carbonyl (C=O) groups is 2. The molecule has 33 heavy (non-hydrogen) atoms. The quantitative estimate of drug-likeness (QED) is 0.324. The number of ketones is 1. The third kappa shape index (κ3) is 6.49. The van der Waals surface area contributed by atoms with Crippen molar-refractivity contribution in [3.8, 4) is 23.0 Å². The number of anilines is 1. The van der Waals surface area contributed by atoms with Gasteiger partial charge in [-0.15, -0.1) is 5.11 Å². The van der Waals surface area contributed by atoms with Gasteiger partial charge in [-0.05, 0) is 32.9 Å². The average molecular weight is 498 g/mol. The van der Waals surface area contributed by atoms with Crippen molar-refractivity contribution in [3.63, 3.8) is 0 Å². The van der Waals surface area contributed by atoms with E-state index in [-0.39, 0.29) is 27.2 Å². The van der Waals surface area contributed by atoms with E-state index < -0.39 is 17.7 Å². The van der Waals surface area contributed by atoms with E-state index in [1.165, 1.54) is 27.2 Å². The van der Waals surface area contributed by atoms with Crippen LogP contribution < -0.4 is 24.3 Å². The summed E-state index contributed by atoms with van der Waals surface area (Å²) in [6, 6.07) is 4.79. The van der Waals surface area contributed by atoms with Gasteiger partial charge in [-0.1, -0.05) is 23.2 Å². The third-order valence-corrected chi connectivity index (χ3v) is 4.86. The van der Waals surface area contributed by atoms with E-state index in [0.29, 0.717) is 30.5 Å². The fourth-order valence-corrected chi connectivity index (χ4v) is 3.28. The number of ether oxygens (including phenoxy) is 4. The number of hydrogen-bond acceptors (Lipinski definition) is 8. The van der Waals surface area contributed by atoms with Crippen LogP contribution in [0.1, 0.15) is 20.8 Å². The van der Waals surface area contributed by atoms with Crippen LogP contribution in [0, 0.1) is 0 Å². The van der Waals surface area contributed by atoms with E-state index in [0.717, 1.165) is 0 Å². The van der Waals surface area contributed by atoms with Crippen molar-refractivity contribution >= 4 is 46.3 Å². The first-order valence-corrected chi connectivity index (χ1v) is 10.7. The van der Waals surface area contributed by atoms with Crippen LogP contribution in [-0.2, 0) is 9.59 Å². The number of methoxy groups -OCH3 is 2. The van der Waals surface area contributed by atoms with E-state index in [4.69, 9.17) is 42.1 Å². The molecule has 0 heterocycles. The van der Waals surface area contributed by atoms with Gasteiger partial charge in [0.25, 0.3) is 5.91 Å². The van der Waals surface area contributed by atoms with Gasteiger partial charge in [-0.3, -0.25) is 9.59 Å². The summed E-state index contributed by atoms with van der Waals surface area (Å²) in [6.07, 6.45) is 0. The van der Waals surface area contributed by atoms with Crippen LogP contribution in [0.25, 0.3) is 0 Å². The van der Waals surface area contributed by atoms with Crippen molar-refractivity contribution in [1.29, 1.82) is 0 Å². The Morgan fingerprint density at radius 3 is 2.27 bits per heavy atom. The monoisotopic (exact) mass is 497 g/mol. The fraction of sp³-hybridized carbons (Fsp3) is 0.364. The molecule has 1 N–H and O–H groups in total. The molecule has 2 rings (SSSR count). The highest BCUT2D eigenvalue weighted by atomic mass is 35.5. The first-order valence-electron chi connectivity index (χ1n) is 9.99. The predicted molar refractivity (Wildman–Crippen MR) is 126 cm³/mol. The molecule has 0 aromatic heterocycles. The largest absolute Gasteiger partial charge is 0.494 e. The Kier molecular flexibility index (Phi) is 9.74. The van der Waals surface area contributed by atoms with Crippen molar-refractivity contribution in [2.45, 2.75) is 26.8 Å². The van der Waals surface area contributed by atoms with Crippen molar-refractivity contribution < 1.29 is 28.5 Å². The van der Waals surface area contributed by atoms with Gasteiger partial charge in [0.15, 0.2) is 17.2 Å². The molecule has 11 heteroatoms. The van der Waals surface area contributed by atoms with Gasteiger partial charge in [0, 0.05) is 12.1 Å². The minimum Gasteiger partial charge on any atom is -0.494 e. The number of benzene rings is 2. The highest BCUT2D eigenvalue weighted by molar-refractivity contribution is 6.34. The van der Waals surface area contributed by atoms with Crippen molar-refractivity contribution in [2.75, 3.05) is 32.8 Å². The molecular weight excluding hydrogens is 473 g/mol. The standard InChI is InChI=1S/C22H25Cl2N3O6/c1-6-32-13-10-15(24)19(17(11-13)33-7-2)25-22(29)18(12(3)28)26-27-20-16(30-4)9-8-14(23)21(20)31-5/h8-11,18H,6-7H2,1-5H3,(H,25,29). The Morgan fingerprint density at radius 1 is 1.00 bits per heavy atom. The Hall–Kier alpha value is -3.04. The predicted octanol–water partition coefficient (Wildman–Crippen LogP) is 5.49. The number of nitrogens with one attached hydrogen (secondary N) is 1. The maximum Gasteiger partial charge on any atom is 0.258 e. The van der Waals surface area contributed by atoms with Gasteiger partial charge in [0.05, 0.1) is 37.5 Å². The molecule has 2 aromatic carbocycles. The zero-order valence-corrected chi connectivity index (χ0v) is 20.4. The molecule has 0 saturated carbocycles. The zero-order valence-electron chi connectivity index (χ0n) is 18.9. The molecule has 0 bridgehead atoms. The highest BCUT2D eigenvalue weighted by Gasteiger charge is 2.26. The van der Waals surface area contributed by atoms with E-state index >= 15 is 0 Å². The maximum absolute atomic E-state index is 13.0. The molecular formula is C22H25Cl2N3O6. The molecule has 1 atom stereocenters. The zero-order chi connectivity index (χ0) is 24.5. The van der Waals surface area contributed by atoms with Crippen LogP contribution in [0.4, 0.5) is 11.4 Å². The van der Waals surface area contributed by atoms with Crippen molar-refractivity contribution in [3.05, 3.63) is 34.3 Å². The Bertz CT molecular complexity index is 1050. The van der Waals surface area contributed by atoms with E-state index in [2.05, 4.69) is 15.5 Å². The minimum atomic E-state index is -1.48. The Balaban J connectivity index is 2.40. The van der Waals surface area contributed by atoms with Crippen molar-refractivity contribution in [2.24, 2.45) is 10.2 Å². The number of azo groups is 1. The molecule has 0 fully saturated rings. The SMILES string of the molecule is CCOc1cc(Cl)c(NC(=O)C(N=Nc2c(OC)ccc(Cl)c2OC)C(C)=O)c(OCC)c1. The topological polar surface area (TPSA) is 108 Å². The molecule has 178 valence electrons. The number of hydrogen-bond donors (Lipinski definition) is 1. The smallest absolute Gasteiger partial charge is 0.258 e. The van der Waals surface area contributed by atoms with Gasteiger partial charge in [0.2, 0.25) is 6.04 Å². The fourth-order valence-electron chi connectivity index (χ4n) is 2.81. The van der Waals surface area contributed by atoms with E-state index in [1.54, 1.807) is 25.1 Å². The lowest BCUT2D eigenvalue weighted by Gasteiger charge is -2.16. The molecule has 0 radical (unpaired) electrons. The van der Waals surface area contributed by atoms with Gasteiger partial charge < -0.3 is 24.3 Å². The molecule has 9 nitrogen and oxygen atoms in total. The van der Waals surface area contributed by atoms with Crippen LogP contribution in [0.3, 0.4) is 0 Å². The second-order valence-corrected chi connectivity index (χ2v) is 7.31. The summed E-state index contributed by atoms with van der Waals surface area (Å²) in [5, 5.41) is 11.0. The summed E-state index contributed by atoms with van der Waals surface area (Å²) in [6.45, 7) is 5.58. The van der Waals surface area contributed by atoms with Crippen LogP contribution in [0.15, 0.2) is 34.5 Å². The van der Waals surface area contributed by atoms with E-state index in [9.17, 15) is 9.59 Å². The highest BCUT2D eigenvalue weighted by Crippen LogP contribution is 2.43. The van der Waals surface area contributed by atoms with Crippen LogP contribution in [0.2, 0.25) is 10.0 Å². The lowest BCUT2D eigenvalue weighted by atomic mass is 10.2. The molecule has 0 aliphatic carbocycles. The summed E-state index contributed by atoms with van der Waals surface area (Å²) in [5.74, 6) is -0.0351. The maximum atomic E-state index is 13.0. The number of nitrogens with zero attached hydrogens (tertiary/aromatic N) is 2.